The summed E-state index contributed by atoms with van der Waals surface area (Å²) in [4.78, 5) is 28.6. The third-order valence-electron chi connectivity index (χ3n) is 4.81. The lowest BCUT2D eigenvalue weighted by molar-refractivity contribution is -0.131. The summed E-state index contributed by atoms with van der Waals surface area (Å²) in [7, 11) is 0. The molecule has 1 fully saturated rings. The average molecular weight is 370 g/mol. The maximum absolute atomic E-state index is 13.0. The van der Waals surface area contributed by atoms with Crippen LogP contribution in [0.25, 0.3) is 0 Å². The first-order valence-corrected chi connectivity index (χ1v) is 8.81. The van der Waals surface area contributed by atoms with Gasteiger partial charge in [0.1, 0.15) is 5.82 Å². The van der Waals surface area contributed by atoms with Crippen molar-refractivity contribution >= 4 is 11.8 Å². The first-order valence-electron chi connectivity index (χ1n) is 8.81. The topological polar surface area (TPSA) is 59.1 Å². The Morgan fingerprint density at radius 2 is 1.56 bits per heavy atom. The second-order valence-electron chi connectivity index (χ2n) is 6.54. The molecule has 2 aliphatic heterocycles. The Bertz CT molecular complexity index is 861. The molecule has 2 aromatic rings. The smallest absolute Gasteiger partial charge is 0.254 e. The van der Waals surface area contributed by atoms with Crippen molar-refractivity contribution in [3.63, 3.8) is 0 Å². The third-order valence-corrected chi connectivity index (χ3v) is 4.81. The molecule has 27 heavy (non-hydrogen) atoms. The number of nitrogens with zero attached hydrogens (tertiary/aromatic N) is 2. The van der Waals surface area contributed by atoms with E-state index in [9.17, 15) is 14.0 Å². The number of ether oxygens (including phenoxy) is 2. The predicted molar refractivity (Wildman–Crippen MR) is 95.2 cm³/mol. The first kappa shape index (κ1) is 17.3. The molecule has 0 atom stereocenters. The number of hydrogen-bond donors (Lipinski definition) is 0. The van der Waals surface area contributed by atoms with Crippen molar-refractivity contribution in [1.82, 2.24) is 9.80 Å². The maximum atomic E-state index is 13.0. The fourth-order valence-electron chi connectivity index (χ4n) is 3.26. The molecule has 0 spiro atoms. The molecule has 140 valence electrons. The van der Waals surface area contributed by atoms with Crippen LogP contribution in [0.15, 0.2) is 42.5 Å². The highest BCUT2D eigenvalue weighted by Crippen LogP contribution is 2.32. The van der Waals surface area contributed by atoms with Gasteiger partial charge in [0.25, 0.3) is 5.91 Å². The van der Waals surface area contributed by atoms with Gasteiger partial charge in [-0.25, -0.2) is 4.39 Å². The number of halogens is 1. The summed E-state index contributed by atoms with van der Waals surface area (Å²) < 4.78 is 23.5. The molecule has 2 amide bonds. The van der Waals surface area contributed by atoms with Crippen LogP contribution < -0.4 is 9.47 Å². The zero-order valence-electron chi connectivity index (χ0n) is 14.7. The molecule has 0 radical (unpaired) electrons. The normalized spacial score (nSPS) is 15.7. The van der Waals surface area contributed by atoms with E-state index >= 15 is 0 Å². The first-order chi connectivity index (χ1) is 13.1. The molecule has 0 N–H and O–H groups in total. The predicted octanol–water partition coefficient (Wildman–Crippen LogP) is 2.08. The fourth-order valence-corrected chi connectivity index (χ4v) is 3.26. The molecular weight excluding hydrogens is 351 g/mol. The van der Waals surface area contributed by atoms with Gasteiger partial charge in [0.15, 0.2) is 11.5 Å². The second-order valence-corrected chi connectivity index (χ2v) is 6.54. The molecule has 2 aliphatic rings. The molecule has 0 aromatic heterocycles. The number of rotatable bonds is 3. The number of carbonyl (C=O) groups excluding carboxylic acids is 2. The van der Waals surface area contributed by atoms with Gasteiger partial charge in [-0.15, -0.1) is 0 Å². The van der Waals surface area contributed by atoms with Gasteiger partial charge in [-0.1, -0.05) is 12.1 Å². The number of piperazine rings is 1. The minimum Gasteiger partial charge on any atom is -0.454 e. The van der Waals surface area contributed by atoms with Crippen LogP contribution in [0.4, 0.5) is 4.39 Å². The minimum absolute atomic E-state index is 0.0169. The largest absolute Gasteiger partial charge is 0.454 e. The second kappa shape index (κ2) is 7.26. The van der Waals surface area contributed by atoms with Crippen molar-refractivity contribution in [3.05, 3.63) is 59.4 Å². The molecule has 0 aliphatic carbocycles. The highest BCUT2D eigenvalue weighted by molar-refractivity contribution is 5.95. The lowest BCUT2D eigenvalue weighted by Crippen LogP contribution is -2.51. The van der Waals surface area contributed by atoms with E-state index in [2.05, 4.69) is 0 Å². The molecule has 2 heterocycles. The summed E-state index contributed by atoms with van der Waals surface area (Å²) in [6.45, 7) is 2.08. The Morgan fingerprint density at radius 1 is 0.889 bits per heavy atom. The van der Waals surface area contributed by atoms with E-state index < -0.39 is 0 Å². The Balaban J connectivity index is 1.33. The van der Waals surface area contributed by atoms with Crippen molar-refractivity contribution < 1.29 is 23.5 Å². The van der Waals surface area contributed by atoms with Gasteiger partial charge in [0.2, 0.25) is 12.7 Å². The summed E-state index contributed by atoms with van der Waals surface area (Å²) >= 11 is 0. The van der Waals surface area contributed by atoms with Gasteiger partial charge in [0, 0.05) is 31.7 Å². The molecule has 7 heteroatoms. The lowest BCUT2D eigenvalue weighted by Gasteiger charge is -2.35. The Morgan fingerprint density at radius 3 is 2.30 bits per heavy atom. The fraction of sp³-hybridized carbons (Fsp3) is 0.300. The minimum atomic E-state index is -0.318. The van der Waals surface area contributed by atoms with Crippen molar-refractivity contribution in [2.75, 3.05) is 33.0 Å². The number of amides is 2. The number of hydrogen-bond acceptors (Lipinski definition) is 4. The summed E-state index contributed by atoms with van der Waals surface area (Å²) in [6, 6.07) is 11.1. The number of benzene rings is 2. The van der Waals surface area contributed by atoms with Gasteiger partial charge < -0.3 is 19.3 Å². The third kappa shape index (κ3) is 3.72. The van der Waals surface area contributed by atoms with Gasteiger partial charge in [0.05, 0.1) is 6.42 Å². The van der Waals surface area contributed by atoms with Crippen LogP contribution in [-0.2, 0) is 11.2 Å². The van der Waals surface area contributed by atoms with Crippen LogP contribution in [0.2, 0.25) is 0 Å². The molecule has 0 bridgehead atoms. The van der Waals surface area contributed by atoms with Crippen LogP contribution in [0.3, 0.4) is 0 Å². The average Bonchev–Trinajstić information content (AvgIpc) is 3.17. The van der Waals surface area contributed by atoms with Crippen molar-refractivity contribution in [1.29, 1.82) is 0 Å². The maximum Gasteiger partial charge on any atom is 0.254 e. The van der Waals surface area contributed by atoms with Crippen LogP contribution in [-0.4, -0.2) is 54.6 Å². The zero-order chi connectivity index (χ0) is 18.8. The lowest BCUT2D eigenvalue weighted by atomic mass is 10.1. The summed E-state index contributed by atoms with van der Waals surface area (Å²) in [5.74, 6) is 0.800. The summed E-state index contributed by atoms with van der Waals surface area (Å²) in [5.41, 5.74) is 1.32. The number of carbonyl (C=O) groups is 2. The molecule has 0 unspecified atom stereocenters. The van der Waals surface area contributed by atoms with Crippen LogP contribution >= 0.6 is 0 Å². The van der Waals surface area contributed by atoms with Crippen LogP contribution in [0, 0.1) is 5.82 Å². The van der Waals surface area contributed by atoms with Crippen LogP contribution in [0.1, 0.15) is 15.9 Å². The van der Waals surface area contributed by atoms with E-state index in [1.54, 1.807) is 40.1 Å². The highest BCUT2D eigenvalue weighted by atomic mass is 19.1. The highest BCUT2D eigenvalue weighted by Gasteiger charge is 2.26. The molecule has 4 rings (SSSR count). The quantitative estimate of drug-likeness (QED) is 0.830. The molecule has 2 aromatic carbocycles. The molecular formula is C20H19FN2O4. The van der Waals surface area contributed by atoms with Gasteiger partial charge in [-0.05, 0) is 35.9 Å². The van der Waals surface area contributed by atoms with Gasteiger partial charge >= 0.3 is 0 Å². The molecule has 6 nitrogen and oxygen atoms in total. The van der Waals surface area contributed by atoms with Gasteiger partial charge in [-0.3, -0.25) is 9.59 Å². The van der Waals surface area contributed by atoms with E-state index in [1.807, 2.05) is 0 Å². The SMILES string of the molecule is O=C(Cc1ccc(F)cc1)N1CCN(C(=O)c2ccc3c(c2)OCO3)CC1. The summed E-state index contributed by atoms with van der Waals surface area (Å²) in [6.07, 6.45) is 0.233. The molecule has 1 saturated heterocycles. The Hall–Kier alpha value is -3.09. The van der Waals surface area contributed by atoms with Gasteiger partial charge in [-0.2, -0.15) is 0 Å². The van der Waals surface area contributed by atoms with Crippen molar-refractivity contribution in [2.24, 2.45) is 0 Å². The van der Waals surface area contributed by atoms with E-state index in [-0.39, 0.29) is 30.8 Å². The van der Waals surface area contributed by atoms with E-state index in [4.69, 9.17) is 9.47 Å². The van der Waals surface area contributed by atoms with E-state index in [1.165, 1.54) is 12.1 Å². The van der Waals surface area contributed by atoms with E-state index in [0.29, 0.717) is 43.2 Å². The van der Waals surface area contributed by atoms with Crippen molar-refractivity contribution in [2.45, 2.75) is 6.42 Å². The number of fused-ring (bicyclic) bond motifs is 1. The van der Waals surface area contributed by atoms with E-state index in [0.717, 1.165) is 5.56 Å². The monoisotopic (exact) mass is 370 g/mol. The molecule has 0 saturated carbocycles. The summed E-state index contributed by atoms with van der Waals surface area (Å²) in [5, 5.41) is 0. The Labute approximate surface area is 156 Å². The van der Waals surface area contributed by atoms with Crippen molar-refractivity contribution in [3.8, 4) is 11.5 Å². The Kier molecular flexibility index (Phi) is 4.66. The van der Waals surface area contributed by atoms with Crippen LogP contribution in [0.5, 0.6) is 11.5 Å². The zero-order valence-corrected chi connectivity index (χ0v) is 14.7. The standard InChI is InChI=1S/C20H19FN2O4/c21-16-4-1-14(2-5-16)11-19(24)22-7-9-23(10-8-22)20(25)15-3-6-17-18(12-15)27-13-26-17/h1-6,12H,7-11,13H2.